The van der Waals surface area contributed by atoms with Gasteiger partial charge in [-0.25, -0.2) is 0 Å². The zero-order chi connectivity index (χ0) is 39.8. The first-order chi connectivity index (χ1) is 28.7. The van der Waals surface area contributed by atoms with E-state index in [4.69, 9.17) is 0 Å². The molecule has 4 unspecified atom stereocenters. The van der Waals surface area contributed by atoms with Crippen molar-refractivity contribution in [3.05, 3.63) is 151 Å². The third-order valence-electron chi connectivity index (χ3n) is 13.4. The van der Waals surface area contributed by atoms with Crippen molar-refractivity contribution in [2.75, 3.05) is 0 Å². The van der Waals surface area contributed by atoms with Crippen molar-refractivity contribution in [1.82, 2.24) is 10.6 Å². The Balaban J connectivity index is 0.00000113. The normalized spacial score (nSPS) is 23.0. The molecule has 5 aliphatic rings. The van der Waals surface area contributed by atoms with Crippen LogP contribution >= 0.6 is 15.8 Å². The fourth-order valence-corrected chi connectivity index (χ4v) is 16.6. The second-order valence-electron chi connectivity index (χ2n) is 17.3. The molecular weight excluding hydrogens is 906 g/mol. The van der Waals surface area contributed by atoms with Gasteiger partial charge in [0.1, 0.15) is 0 Å². The molecule has 4 aromatic carbocycles. The van der Waals surface area contributed by atoms with E-state index in [0.717, 1.165) is 64.2 Å². The molecule has 0 saturated heterocycles. The van der Waals surface area contributed by atoms with Crippen LogP contribution in [0.3, 0.4) is 0 Å². The van der Waals surface area contributed by atoms with Crippen molar-refractivity contribution in [3.63, 3.8) is 0 Å². The van der Waals surface area contributed by atoms with E-state index in [1.807, 2.05) is 0 Å². The topological polar surface area (TPSA) is 58.2 Å². The molecule has 5 aliphatic carbocycles. The van der Waals surface area contributed by atoms with Crippen molar-refractivity contribution in [2.45, 2.75) is 152 Å². The summed E-state index contributed by atoms with van der Waals surface area (Å²) in [6.07, 6.45) is 25.2. The molecule has 64 heavy (non-hydrogen) atoms. The predicted molar refractivity (Wildman–Crippen MR) is 275 cm³/mol. The number of hydrogen-bond donors (Lipinski definition) is 2. The SMILES string of the molecule is C1CCCC1.C1CCCC1.O=C(N[C@H]1CCCC[C@@H]1NC(=O)C1CCCC1P(c1ccccc1)c1ccccc1)C1CCCC1P(c1ccccc1)c1ccccc1.[CH3-].[CH3-].[CH3-].[CH3-].[Fe+2].[Fe+2]. The van der Waals surface area contributed by atoms with Gasteiger partial charge in [0, 0.05) is 23.9 Å². The molecule has 0 aliphatic heterocycles. The third kappa shape index (κ3) is 16.8. The molecule has 0 spiro atoms. The fraction of sp³-hybridized carbons (Fsp3) is 0.464. The molecule has 4 nitrogen and oxygen atoms in total. The molecule has 352 valence electrons. The Morgan fingerprint density at radius 2 is 0.594 bits per heavy atom. The van der Waals surface area contributed by atoms with Gasteiger partial charge in [-0.2, -0.15) is 0 Å². The van der Waals surface area contributed by atoms with E-state index in [1.165, 1.54) is 85.4 Å². The molecular formula is C56H80Fe2N2O2P2. The number of carbonyl (C=O) groups is 2. The van der Waals surface area contributed by atoms with E-state index >= 15 is 0 Å². The Labute approximate surface area is 415 Å². The van der Waals surface area contributed by atoms with Gasteiger partial charge in [-0.15, -0.1) is 0 Å². The van der Waals surface area contributed by atoms with Crippen LogP contribution in [-0.2, 0) is 43.7 Å². The van der Waals surface area contributed by atoms with E-state index in [9.17, 15) is 9.59 Å². The van der Waals surface area contributed by atoms with Gasteiger partial charge in [-0.05, 0) is 86.9 Å². The molecule has 2 N–H and O–H groups in total. The summed E-state index contributed by atoms with van der Waals surface area (Å²) in [6.45, 7) is 0. The van der Waals surface area contributed by atoms with Crippen molar-refractivity contribution >= 4 is 48.9 Å². The van der Waals surface area contributed by atoms with Crippen LogP contribution in [0.25, 0.3) is 0 Å². The molecule has 0 heterocycles. The van der Waals surface area contributed by atoms with Gasteiger partial charge in [0.05, 0.1) is 0 Å². The Bertz CT molecular complexity index is 1570. The molecule has 8 heteroatoms. The fourth-order valence-electron chi connectivity index (χ4n) is 10.4. The van der Waals surface area contributed by atoms with Crippen molar-refractivity contribution in [1.29, 1.82) is 0 Å². The van der Waals surface area contributed by atoms with Crippen LogP contribution in [-0.4, -0.2) is 35.2 Å². The van der Waals surface area contributed by atoms with E-state index < -0.39 is 15.8 Å². The second kappa shape index (κ2) is 32.4. The first kappa shape index (κ1) is 59.7. The zero-order valence-electron chi connectivity index (χ0n) is 39.6. The minimum Gasteiger partial charge on any atom is -0.358 e. The maximum Gasteiger partial charge on any atom is 2.00 e. The van der Waals surface area contributed by atoms with Crippen LogP contribution in [0.15, 0.2) is 121 Å². The van der Waals surface area contributed by atoms with Crippen LogP contribution in [0.5, 0.6) is 0 Å². The average Bonchev–Trinajstić information content (AvgIpc) is 4.14. The van der Waals surface area contributed by atoms with Gasteiger partial charge in [0.15, 0.2) is 0 Å². The van der Waals surface area contributed by atoms with E-state index in [0.29, 0.717) is 11.3 Å². The maximum absolute atomic E-state index is 14.2. The van der Waals surface area contributed by atoms with Crippen molar-refractivity contribution in [2.24, 2.45) is 11.8 Å². The standard InChI is InChI=1S/C42H48N2O2P2.2C5H10.4CH3.2Fe/c45-41(35-25-15-29-39(35)47(31-17-5-1-6-18-31)32-19-7-2-8-20-32)43-37-27-13-14-28-38(37)44-42(46)36-26-16-30-40(36)48(33-21-9-3-10-22-33)34-23-11-4-12-24-34;2*1-2-4-5-3-1;;;;;;/h1-12,17-24,35-40H,13-16,25-30H2,(H,43,45)(H,44,46);2*1-5H2;4*1H3;;/q;;;4*-1;2*+2/t35?,36?,37-,38-,39?,40?;;;;;;;;/m0......../s1. The van der Waals surface area contributed by atoms with Crippen molar-refractivity contribution in [3.8, 4) is 0 Å². The molecule has 5 saturated carbocycles. The van der Waals surface area contributed by atoms with Gasteiger partial charge in [-0.1, -0.05) is 211 Å². The summed E-state index contributed by atoms with van der Waals surface area (Å²) >= 11 is 0. The summed E-state index contributed by atoms with van der Waals surface area (Å²) in [5, 5.41) is 12.5. The molecule has 0 radical (unpaired) electrons. The minimum atomic E-state index is -0.657. The largest absolute Gasteiger partial charge is 2.00 e. The molecule has 0 bridgehead atoms. The molecule has 6 atom stereocenters. The Hall–Kier alpha value is -2.28. The van der Waals surface area contributed by atoms with Gasteiger partial charge in [-0.3, -0.25) is 9.59 Å². The quantitative estimate of drug-likeness (QED) is 0.0945. The summed E-state index contributed by atoms with van der Waals surface area (Å²) in [5.41, 5.74) is 0.631. The first-order valence-corrected chi connectivity index (χ1v) is 25.9. The van der Waals surface area contributed by atoms with Crippen LogP contribution in [0.2, 0.25) is 0 Å². The van der Waals surface area contributed by atoms with Crippen LogP contribution in [0, 0.1) is 41.5 Å². The minimum absolute atomic E-state index is 0. The molecule has 4 aromatic rings. The number of nitrogens with one attached hydrogen (secondary N) is 2. The average molecular weight is 987 g/mol. The maximum atomic E-state index is 14.2. The summed E-state index contributed by atoms with van der Waals surface area (Å²) in [7, 11) is -1.31. The van der Waals surface area contributed by atoms with Gasteiger partial charge < -0.3 is 40.3 Å². The number of benzene rings is 4. The van der Waals surface area contributed by atoms with Gasteiger partial charge in [0.25, 0.3) is 0 Å². The third-order valence-corrected chi connectivity index (χ3v) is 19.3. The van der Waals surface area contributed by atoms with E-state index in [-0.39, 0.29) is 99.6 Å². The Kier molecular flexibility index (Phi) is 30.3. The Morgan fingerprint density at radius 1 is 0.344 bits per heavy atom. The summed E-state index contributed by atoms with van der Waals surface area (Å²) in [5.74, 6) is 0.375. The zero-order valence-corrected chi connectivity index (χ0v) is 43.6. The monoisotopic (exact) mass is 986 g/mol. The van der Waals surface area contributed by atoms with E-state index in [2.05, 4.69) is 132 Å². The molecule has 0 aromatic heterocycles. The van der Waals surface area contributed by atoms with Crippen LogP contribution in [0.4, 0.5) is 0 Å². The first-order valence-electron chi connectivity index (χ1n) is 23.1. The number of amides is 2. The summed E-state index contributed by atoms with van der Waals surface area (Å²) < 4.78 is 0. The molecule has 9 rings (SSSR count). The smallest absolute Gasteiger partial charge is 0.358 e. The number of rotatable bonds is 10. The molecule has 2 amide bonds. The Morgan fingerprint density at radius 3 is 0.844 bits per heavy atom. The summed E-state index contributed by atoms with van der Waals surface area (Å²) in [6, 6.07) is 43.3. The van der Waals surface area contributed by atoms with Gasteiger partial charge in [0.2, 0.25) is 11.8 Å². The van der Waals surface area contributed by atoms with Crippen LogP contribution < -0.4 is 31.9 Å². The van der Waals surface area contributed by atoms with Crippen LogP contribution in [0.1, 0.15) is 128 Å². The molecule has 5 fully saturated rings. The predicted octanol–water partition coefficient (Wildman–Crippen LogP) is 12.8. The summed E-state index contributed by atoms with van der Waals surface area (Å²) in [4.78, 5) is 28.4. The second-order valence-corrected chi connectivity index (χ2v) is 22.2. The number of hydrogen-bond acceptors (Lipinski definition) is 2. The van der Waals surface area contributed by atoms with Crippen molar-refractivity contribution < 1.29 is 43.7 Å². The van der Waals surface area contributed by atoms with E-state index in [1.54, 1.807) is 0 Å². The number of carbonyl (C=O) groups excluding carboxylic acids is 2. The van der Waals surface area contributed by atoms with Gasteiger partial charge >= 0.3 is 34.1 Å².